The minimum absolute atomic E-state index is 0.0715. The summed E-state index contributed by atoms with van der Waals surface area (Å²) >= 11 is 5.90. The Hall–Kier alpha value is -2.67. The van der Waals surface area contributed by atoms with Gasteiger partial charge in [-0.25, -0.2) is 10.2 Å². The van der Waals surface area contributed by atoms with Crippen molar-refractivity contribution >= 4 is 40.2 Å². The number of nitrogens with two attached hydrogens (primary N) is 1. The monoisotopic (exact) mass is 334 g/mol. The van der Waals surface area contributed by atoms with E-state index in [2.05, 4.69) is 20.2 Å². The van der Waals surface area contributed by atoms with Crippen molar-refractivity contribution in [1.29, 1.82) is 0 Å². The van der Waals surface area contributed by atoms with E-state index in [1.165, 1.54) is 0 Å². The number of hydrogen-bond donors (Lipinski definition) is 2. The van der Waals surface area contributed by atoms with Gasteiger partial charge >= 0.3 is 5.97 Å². The molecule has 0 saturated carbocycles. The topological polar surface area (TPSA) is 107 Å². The number of amides is 1. The number of amidine groups is 1. The molecule has 2 aromatic rings. The van der Waals surface area contributed by atoms with Crippen LogP contribution in [0.1, 0.15) is 12.5 Å². The van der Waals surface area contributed by atoms with E-state index in [0.717, 1.165) is 16.5 Å². The molecule has 0 unspecified atom stereocenters. The number of esters is 1. The molecule has 3 N–H and O–H groups in total. The van der Waals surface area contributed by atoms with Crippen molar-refractivity contribution in [3.8, 4) is 0 Å². The molecular weight excluding hydrogens is 320 g/mol. The quantitative estimate of drug-likeness (QED) is 0.380. The maximum Gasteiger partial charge on any atom is 0.375 e. The van der Waals surface area contributed by atoms with Crippen molar-refractivity contribution in [2.24, 2.45) is 10.8 Å². The Morgan fingerprint density at radius 2 is 2.17 bits per heavy atom. The number of rotatable bonds is 4. The number of nitrogens with one attached hydrogen (secondary N) is 1. The van der Waals surface area contributed by atoms with E-state index >= 15 is 0 Å². The first kappa shape index (κ1) is 16.7. The number of ether oxygens (including phenoxy) is 1. The summed E-state index contributed by atoms with van der Waals surface area (Å²) in [5, 5.41) is 4.85. The third-order valence-electron chi connectivity index (χ3n) is 2.86. The van der Waals surface area contributed by atoms with Crippen LogP contribution in [0.4, 0.5) is 0 Å². The van der Waals surface area contributed by atoms with Crippen LogP contribution in [0.3, 0.4) is 0 Å². The minimum Gasteiger partial charge on any atom is -0.460 e. The summed E-state index contributed by atoms with van der Waals surface area (Å²) in [6, 6.07) is 7.15. The van der Waals surface area contributed by atoms with E-state index < -0.39 is 17.7 Å². The predicted octanol–water partition coefficient (Wildman–Crippen LogP) is 1.38. The van der Waals surface area contributed by atoms with Gasteiger partial charge in [0.2, 0.25) is 11.7 Å². The van der Waals surface area contributed by atoms with Gasteiger partial charge in [0.25, 0.3) is 0 Å². The minimum atomic E-state index is -0.778. The summed E-state index contributed by atoms with van der Waals surface area (Å²) < 4.78 is 4.65. The fourth-order valence-corrected chi connectivity index (χ4v) is 2.03. The molecule has 1 aromatic carbocycles. The largest absolute Gasteiger partial charge is 0.460 e. The highest BCUT2D eigenvalue weighted by molar-refractivity contribution is 6.34. The molecule has 1 aromatic heterocycles. The smallest absolute Gasteiger partial charge is 0.375 e. The average Bonchev–Trinajstić information content (AvgIpc) is 2.52. The molecule has 8 heteroatoms. The number of benzene rings is 1. The molecule has 0 aliphatic carbocycles. The Morgan fingerprint density at radius 1 is 1.39 bits per heavy atom. The van der Waals surface area contributed by atoms with Gasteiger partial charge in [0.15, 0.2) is 0 Å². The van der Waals surface area contributed by atoms with Gasteiger partial charge in [-0.3, -0.25) is 9.78 Å². The SMILES string of the molecule is CCOC(=O)/C(N)=N/NC(=O)Cc1ccc2ncc(Cl)cc2c1. The van der Waals surface area contributed by atoms with E-state index in [0.29, 0.717) is 5.02 Å². The van der Waals surface area contributed by atoms with Crippen LogP contribution in [0.2, 0.25) is 5.02 Å². The van der Waals surface area contributed by atoms with Crippen LogP contribution >= 0.6 is 11.6 Å². The zero-order valence-electron chi connectivity index (χ0n) is 12.4. The van der Waals surface area contributed by atoms with E-state index in [4.69, 9.17) is 17.3 Å². The molecule has 1 heterocycles. The highest BCUT2D eigenvalue weighted by Crippen LogP contribution is 2.18. The number of fused-ring (bicyclic) bond motifs is 1. The Labute approximate surface area is 137 Å². The summed E-state index contributed by atoms with van der Waals surface area (Å²) in [5.41, 5.74) is 9.12. The van der Waals surface area contributed by atoms with Gasteiger partial charge in [-0.1, -0.05) is 17.7 Å². The van der Waals surface area contributed by atoms with Crippen LogP contribution in [-0.4, -0.2) is 29.3 Å². The van der Waals surface area contributed by atoms with Crippen molar-refractivity contribution in [2.45, 2.75) is 13.3 Å². The fraction of sp³-hybridized carbons (Fsp3) is 0.200. The highest BCUT2D eigenvalue weighted by Gasteiger charge is 2.09. The highest BCUT2D eigenvalue weighted by atomic mass is 35.5. The van der Waals surface area contributed by atoms with Gasteiger partial charge < -0.3 is 10.5 Å². The molecular formula is C15H15ClN4O3. The second-order valence-electron chi connectivity index (χ2n) is 4.61. The van der Waals surface area contributed by atoms with Crippen molar-refractivity contribution in [1.82, 2.24) is 10.4 Å². The Kier molecular flexibility index (Phi) is 5.48. The average molecular weight is 335 g/mol. The molecule has 0 spiro atoms. The van der Waals surface area contributed by atoms with E-state index in [9.17, 15) is 9.59 Å². The standard InChI is InChI=1S/C15H15ClN4O3/c1-2-23-15(22)14(17)20-19-13(21)6-9-3-4-12-10(5-9)7-11(16)8-18-12/h3-5,7-8H,2,6H2,1H3,(H2,17,20)(H,19,21). The maximum atomic E-state index is 11.8. The second kappa shape index (κ2) is 7.55. The molecule has 0 fully saturated rings. The number of hydrazone groups is 1. The van der Waals surface area contributed by atoms with Gasteiger partial charge in [0, 0.05) is 11.6 Å². The summed E-state index contributed by atoms with van der Waals surface area (Å²) in [6.07, 6.45) is 1.63. The molecule has 1 amide bonds. The van der Waals surface area contributed by atoms with Gasteiger partial charge in [0.05, 0.1) is 23.6 Å². The second-order valence-corrected chi connectivity index (χ2v) is 5.05. The molecule has 2 rings (SSSR count). The molecule has 7 nitrogen and oxygen atoms in total. The molecule has 23 heavy (non-hydrogen) atoms. The molecule has 0 aliphatic heterocycles. The zero-order chi connectivity index (χ0) is 16.8. The molecule has 0 saturated heterocycles. The van der Waals surface area contributed by atoms with Crippen molar-refractivity contribution in [3.05, 3.63) is 41.0 Å². The molecule has 0 aliphatic rings. The lowest BCUT2D eigenvalue weighted by molar-refractivity contribution is -0.135. The fourth-order valence-electron chi connectivity index (χ4n) is 1.86. The summed E-state index contributed by atoms with van der Waals surface area (Å²) in [5.74, 6) is -1.60. The normalized spacial score (nSPS) is 11.3. The Bertz CT molecular complexity index is 776. The molecule has 120 valence electrons. The first-order valence-corrected chi connectivity index (χ1v) is 7.20. The molecule has 0 radical (unpaired) electrons. The summed E-state index contributed by atoms with van der Waals surface area (Å²) in [6.45, 7) is 1.82. The lowest BCUT2D eigenvalue weighted by Gasteiger charge is -2.04. The number of carbonyl (C=O) groups excluding carboxylic acids is 2. The van der Waals surface area contributed by atoms with E-state index in [1.54, 1.807) is 31.3 Å². The first-order valence-electron chi connectivity index (χ1n) is 6.83. The van der Waals surface area contributed by atoms with Crippen LogP contribution in [-0.2, 0) is 20.7 Å². The van der Waals surface area contributed by atoms with Crippen molar-refractivity contribution < 1.29 is 14.3 Å². The van der Waals surface area contributed by atoms with Crippen LogP contribution < -0.4 is 11.2 Å². The van der Waals surface area contributed by atoms with Crippen LogP contribution in [0.15, 0.2) is 35.6 Å². The van der Waals surface area contributed by atoms with Gasteiger partial charge in [-0.15, -0.1) is 5.10 Å². The first-order chi connectivity index (χ1) is 11.0. The number of carbonyl (C=O) groups is 2. The lowest BCUT2D eigenvalue weighted by Crippen LogP contribution is -2.31. The van der Waals surface area contributed by atoms with Gasteiger partial charge in [0.1, 0.15) is 0 Å². The van der Waals surface area contributed by atoms with Crippen LogP contribution in [0.5, 0.6) is 0 Å². The third kappa shape index (κ3) is 4.65. The summed E-state index contributed by atoms with van der Waals surface area (Å²) in [4.78, 5) is 27.3. The zero-order valence-corrected chi connectivity index (χ0v) is 13.1. The lowest BCUT2D eigenvalue weighted by atomic mass is 10.1. The van der Waals surface area contributed by atoms with E-state index in [1.807, 2.05) is 6.07 Å². The van der Waals surface area contributed by atoms with Gasteiger partial charge in [-0.2, -0.15) is 0 Å². The Balaban J connectivity index is 2.02. The molecule has 0 bridgehead atoms. The maximum absolute atomic E-state index is 11.8. The van der Waals surface area contributed by atoms with Crippen LogP contribution in [0, 0.1) is 0 Å². The van der Waals surface area contributed by atoms with Crippen molar-refractivity contribution in [3.63, 3.8) is 0 Å². The molecule has 0 atom stereocenters. The number of aromatic nitrogens is 1. The number of halogens is 1. The summed E-state index contributed by atoms with van der Waals surface area (Å²) in [7, 11) is 0. The Morgan fingerprint density at radius 3 is 2.91 bits per heavy atom. The van der Waals surface area contributed by atoms with Gasteiger partial charge in [-0.05, 0) is 30.7 Å². The number of nitrogens with zero attached hydrogens (tertiary/aromatic N) is 2. The predicted molar refractivity (Wildman–Crippen MR) is 86.9 cm³/mol. The third-order valence-corrected chi connectivity index (χ3v) is 3.07. The van der Waals surface area contributed by atoms with Crippen molar-refractivity contribution in [2.75, 3.05) is 6.61 Å². The number of pyridine rings is 1. The van der Waals surface area contributed by atoms with Crippen LogP contribution in [0.25, 0.3) is 10.9 Å². The number of hydrogen-bond acceptors (Lipinski definition) is 5. The van der Waals surface area contributed by atoms with E-state index in [-0.39, 0.29) is 13.0 Å².